The van der Waals surface area contributed by atoms with E-state index in [-0.39, 0.29) is 0 Å². The van der Waals surface area contributed by atoms with E-state index in [1.54, 1.807) is 7.11 Å². The van der Waals surface area contributed by atoms with Crippen molar-refractivity contribution < 1.29 is 8.95 Å². The summed E-state index contributed by atoms with van der Waals surface area (Å²) in [5.41, 5.74) is 7.68. The Morgan fingerprint density at radius 1 is 1.31 bits per heavy atom. The maximum absolute atomic E-state index is 11.6. The number of nitrogen functional groups attached to an aromatic ring is 1. The van der Waals surface area contributed by atoms with Crippen molar-refractivity contribution in [1.82, 2.24) is 0 Å². The number of anilines is 1. The van der Waals surface area contributed by atoms with Crippen LogP contribution in [-0.2, 0) is 22.0 Å². The third kappa shape index (κ3) is 4.77. The molecule has 0 heterocycles. The molecule has 2 N–H and O–H groups in total. The summed E-state index contributed by atoms with van der Waals surface area (Å²) in [7, 11) is 0.894. The number of hydrogen-bond donors (Lipinski definition) is 1. The van der Waals surface area contributed by atoms with Gasteiger partial charge in [0, 0.05) is 41.7 Å². The van der Waals surface area contributed by atoms with Gasteiger partial charge in [-0.05, 0) is 24.5 Å². The van der Waals surface area contributed by atoms with E-state index in [1.807, 2.05) is 24.3 Å². The van der Waals surface area contributed by atoms with Gasteiger partial charge in [-0.15, -0.1) is 0 Å². The highest BCUT2D eigenvalue weighted by Crippen LogP contribution is 2.11. The number of ether oxygens (including phenoxy) is 1. The summed E-state index contributed by atoms with van der Waals surface area (Å²) < 4.78 is 16.5. The number of rotatable bonds is 7. The normalized spacial score (nSPS) is 12.6. The van der Waals surface area contributed by atoms with Gasteiger partial charge in [-0.25, -0.2) is 0 Å². The largest absolute Gasteiger partial charge is 0.399 e. The molecule has 0 spiro atoms. The molecule has 90 valence electrons. The lowest BCUT2D eigenvalue weighted by atomic mass is 10.1. The molecule has 0 saturated heterocycles. The van der Waals surface area contributed by atoms with Gasteiger partial charge >= 0.3 is 0 Å². The molecule has 0 saturated carbocycles. The Labute approximate surface area is 99.4 Å². The van der Waals surface area contributed by atoms with E-state index >= 15 is 0 Å². The predicted molar refractivity (Wildman–Crippen MR) is 68.9 cm³/mol. The van der Waals surface area contributed by atoms with E-state index in [2.05, 4.69) is 0 Å². The van der Waals surface area contributed by atoms with E-state index in [4.69, 9.17) is 10.5 Å². The molecule has 1 aromatic rings. The van der Waals surface area contributed by atoms with Crippen LogP contribution in [0.1, 0.15) is 12.0 Å². The fraction of sp³-hybridized carbons (Fsp3) is 0.500. The summed E-state index contributed by atoms with van der Waals surface area (Å²) in [6.45, 7) is 0.680. The van der Waals surface area contributed by atoms with Crippen LogP contribution in [0.3, 0.4) is 0 Å². The molecule has 1 unspecified atom stereocenters. The number of aryl methyl sites for hydroxylation is 1. The van der Waals surface area contributed by atoms with Crippen LogP contribution in [0.4, 0.5) is 5.69 Å². The lowest BCUT2D eigenvalue weighted by Gasteiger charge is -2.05. The van der Waals surface area contributed by atoms with Gasteiger partial charge in [0.25, 0.3) is 0 Å². The molecular formula is C12H19NO2S. The van der Waals surface area contributed by atoms with Gasteiger partial charge in [0.15, 0.2) is 0 Å². The van der Waals surface area contributed by atoms with Crippen LogP contribution < -0.4 is 5.73 Å². The standard InChI is InChI=1S/C12H19NO2S/c1-15-8-4-9-16(14)10-7-11-5-2-3-6-12(11)13/h2-3,5-6H,4,7-10,13H2,1H3. The topological polar surface area (TPSA) is 52.3 Å². The van der Waals surface area contributed by atoms with Gasteiger partial charge in [0.2, 0.25) is 0 Å². The highest BCUT2D eigenvalue weighted by molar-refractivity contribution is 7.84. The van der Waals surface area contributed by atoms with Crippen molar-refractivity contribution in [3.05, 3.63) is 29.8 Å². The molecule has 1 atom stereocenters. The minimum Gasteiger partial charge on any atom is -0.399 e. The highest BCUT2D eigenvalue weighted by atomic mass is 32.2. The van der Waals surface area contributed by atoms with Gasteiger partial charge in [-0.1, -0.05) is 18.2 Å². The van der Waals surface area contributed by atoms with Crippen LogP contribution in [0.15, 0.2) is 24.3 Å². The Kier molecular flexibility index (Phi) is 6.11. The van der Waals surface area contributed by atoms with Crippen molar-refractivity contribution in [2.45, 2.75) is 12.8 Å². The molecule has 0 aliphatic heterocycles. The first-order valence-electron chi connectivity index (χ1n) is 5.41. The Morgan fingerprint density at radius 3 is 2.75 bits per heavy atom. The Bertz CT molecular complexity index is 342. The van der Waals surface area contributed by atoms with E-state index in [0.717, 1.165) is 24.1 Å². The fourth-order valence-electron chi connectivity index (χ4n) is 1.45. The molecule has 0 radical (unpaired) electrons. The second kappa shape index (κ2) is 7.41. The summed E-state index contributed by atoms with van der Waals surface area (Å²) in [5, 5.41) is 0. The quantitative estimate of drug-likeness (QED) is 0.582. The monoisotopic (exact) mass is 241 g/mol. The zero-order chi connectivity index (χ0) is 11.8. The zero-order valence-corrected chi connectivity index (χ0v) is 10.5. The zero-order valence-electron chi connectivity index (χ0n) is 9.65. The maximum Gasteiger partial charge on any atom is 0.0471 e. The second-order valence-corrected chi connectivity index (χ2v) is 5.34. The Balaban J connectivity index is 2.29. The third-order valence-electron chi connectivity index (χ3n) is 2.37. The lowest BCUT2D eigenvalue weighted by molar-refractivity contribution is 0.200. The molecule has 4 heteroatoms. The van der Waals surface area contributed by atoms with Crippen molar-refractivity contribution >= 4 is 16.5 Å². The summed E-state index contributed by atoms with van der Waals surface area (Å²) in [5.74, 6) is 1.39. The predicted octanol–water partition coefficient (Wildman–Crippen LogP) is 1.60. The van der Waals surface area contributed by atoms with E-state index in [1.165, 1.54) is 0 Å². The van der Waals surface area contributed by atoms with Gasteiger partial charge in [0.1, 0.15) is 0 Å². The number of nitrogens with two attached hydrogens (primary N) is 1. The summed E-state index contributed by atoms with van der Waals surface area (Å²) in [4.78, 5) is 0. The van der Waals surface area contributed by atoms with Crippen LogP contribution in [0, 0.1) is 0 Å². The van der Waals surface area contributed by atoms with Crippen LogP contribution in [0.5, 0.6) is 0 Å². The van der Waals surface area contributed by atoms with Gasteiger partial charge in [0.05, 0.1) is 0 Å². The van der Waals surface area contributed by atoms with E-state index in [9.17, 15) is 4.21 Å². The Morgan fingerprint density at radius 2 is 2.06 bits per heavy atom. The van der Waals surface area contributed by atoms with Crippen molar-refractivity contribution in [3.8, 4) is 0 Å². The second-order valence-electron chi connectivity index (χ2n) is 3.64. The van der Waals surface area contributed by atoms with Crippen LogP contribution in [-0.4, -0.2) is 29.4 Å². The maximum atomic E-state index is 11.6. The van der Waals surface area contributed by atoms with Crippen LogP contribution >= 0.6 is 0 Å². The average Bonchev–Trinajstić information content (AvgIpc) is 2.28. The van der Waals surface area contributed by atoms with E-state index < -0.39 is 10.8 Å². The number of para-hydroxylation sites is 1. The van der Waals surface area contributed by atoms with Crippen LogP contribution in [0.25, 0.3) is 0 Å². The molecule has 0 aliphatic carbocycles. The summed E-state index contributed by atoms with van der Waals surface area (Å²) in [6, 6.07) is 7.73. The van der Waals surface area contributed by atoms with E-state index in [0.29, 0.717) is 18.1 Å². The summed E-state index contributed by atoms with van der Waals surface area (Å²) in [6.07, 6.45) is 1.64. The number of methoxy groups -OCH3 is 1. The molecule has 1 rings (SSSR count). The lowest BCUT2D eigenvalue weighted by Crippen LogP contribution is -2.08. The average molecular weight is 241 g/mol. The molecular weight excluding hydrogens is 222 g/mol. The van der Waals surface area contributed by atoms with Crippen molar-refractivity contribution in [1.29, 1.82) is 0 Å². The van der Waals surface area contributed by atoms with Crippen LogP contribution in [0.2, 0.25) is 0 Å². The minimum absolute atomic E-state index is 0.678. The van der Waals surface area contributed by atoms with Gasteiger partial charge in [-0.2, -0.15) is 0 Å². The highest BCUT2D eigenvalue weighted by Gasteiger charge is 2.02. The molecule has 0 fully saturated rings. The van der Waals surface area contributed by atoms with Gasteiger partial charge < -0.3 is 10.5 Å². The van der Waals surface area contributed by atoms with Crippen molar-refractivity contribution in [3.63, 3.8) is 0 Å². The number of hydrogen-bond acceptors (Lipinski definition) is 3. The molecule has 3 nitrogen and oxygen atoms in total. The molecule has 16 heavy (non-hydrogen) atoms. The fourth-order valence-corrected chi connectivity index (χ4v) is 2.54. The first-order valence-corrected chi connectivity index (χ1v) is 6.90. The first kappa shape index (κ1) is 13.2. The third-order valence-corrected chi connectivity index (χ3v) is 3.78. The Hall–Kier alpha value is -0.870. The minimum atomic E-state index is -0.766. The van der Waals surface area contributed by atoms with Crippen molar-refractivity contribution in [2.75, 3.05) is 31.0 Å². The molecule has 0 aromatic heterocycles. The van der Waals surface area contributed by atoms with Crippen molar-refractivity contribution in [2.24, 2.45) is 0 Å². The first-order chi connectivity index (χ1) is 7.74. The summed E-state index contributed by atoms with van der Waals surface area (Å²) >= 11 is 0. The molecule has 1 aromatic carbocycles. The SMILES string of the molecule is COCCCS(=O)CCc1ccccc1N. The number of benzene rings is 1. The molecule has 0 amide bonds. The van der Waals surface area contributed by atoms with Gasteiger partial charge in [-0.3, -0.25) is 4.21 Å². The molecule has 0 bridgehead atoms. The molecule has 0 aliphatic rings. The smallest absolute Gasteiger partial charge is 0.0471 e.